The van der Waals surface area contributed by atoms with Gasteiger partial charge in [0.25, 0.3) is 0 Å². The van der Waals surface area contributed by atoms with E-state index in [1.54, 1.807) is 6.07 Å². The molecule has 0 bridgehead atoms. The van der Waals surface area contributed by atoms with E-state index in [1.165, 1.54) is 28.5 Å². The molecule has 1 saturated heterocycles. The lowest BCUT2D eigenvalue weighted by atomic mass is 9.90. The van der Waals surface area contributed by atoms with Crippen molar-refractivity contribution in [2.24, 2.45) is 5.92 Å². The number of halogens is 1. The molecule has 3 nitrogen and oxygen atoms in total. The first kappa shape index (κ1) is 18.6. The maximum atomic E-state index is 13.2. The standard InChI is InChI=1S/C24H25FN2O/c1-17(22-11-5-8-20-7-2-3-10-23(20)22)27-15-19(16-27)13-24(28)26-14-18-6-4-9-21(25)12-18/h2-12,17,19H,13-16H2,1H3,(H,26,28). The minimum Gasteiger partial charge on any atom is -0.352 e. The number of amides is 1. The van der Waals surface area contributed by atoms with Crippen molar-refractivity contribution in [2.75, 3.05) is 13.1 Å². The molecule has 4 heteroatoms. The summed E-state index contributed by atoms with van der Waals surface area (Å²) in [6, 6.07) is 21.6. The number of likely N-dealkylation sites (tertiary alicyclic amines) is 1. The normalized spacial score (nSPS) is 15.9. The van der Waals surface area contributed by atoms with Crippen LogP contribution >= 0.6 is 0 Å². The van der Waals surface area contributed by atoms with Gasteiger partial charge in [-0.2, -0.15) is 0 Å². The van der Waals surface area contributed by atoms with Crippen molar-refractivity contribution >= 4 is 16.7 Å². The van der Waals surface area contributed by atoms with Crippen LogP contribution in [0, 0.1) is 11.7 Å². The number of fused-ring (bicyclic) bond motifs is 1. The van der Waals surface area contributed by atoms with Gasteiger partial charge in [0.05, 0.1) is 0 Å². The lowest BCUT2D eigenvalue weighted by Gasteiger charge is -2.43. The topological polar surface area (TPSA) is 32.3 Å². The van der Waals surface area contributed by atoms with Gasteiger partial charge in [-0.05, 0) is 46.9 Å². The highest BCUT2D eigenvalue weighted by molar-refractivity contribution is 5.86. The van der Waals surface area contributed by atoms with E-state index in [-0.39, 0.29) is 11.7 Å². The van der Waals surface area contributed by atoms with Gasteiger partial charge in [0.15, 0.2) is 0 Å². The molecule has 1 atom stereocenters. The van der Waals surface area contributed by atoms with Crippen LogP contribution in [-0.2, 0) is 11.3 Å². The Morgan fingerprint density at radius 3 is 2.68 bits per heavy atom. The molecule has 1 fully saturated rings. The Morgan fingerprint density at radius 1 is 1.11 bits per heavy atom. The summed E-state index contributed by atoms with van der Waals surface area (Å²) in [5, 5.41) is 5.47. The van der Waals surface area contributed by atoms with E-state index >= 15 is 0 Å². The average molecular weight is 376 g/mol. The maximum Gasteiger partial charge on any atom is 0.220 e. The summed E-state index contributed by atoms with van der Waals surface area (Å²) in [7, 11) is 0. The molecule has 1 N–H and O–H groups in total. The molecule has 0 saturated carbocycles. The van der Waals surface area contributed by atoms with Crippen molar-refractivity contribution in [3.8, 4) is 0 Å². The van der Waals surface area contributed by atoms with Gasteiger partial charge < -0.3 is 5.32 Å². The number of rotatable bonds is 6. The molecule has 0 aromatic heterocycles. The monoisotopic (exact) mass is 376 g/mol. The molecular weight excluding hydrogens is 351 g/mol. The van der Waals surface area contributed by atoms with Crippen molar-refractivity contribution in [3.05, 3.63) is 83.7 Å². The second kappa shape index (κ2) is 8.11. The van der Waals surface area contributed by atoms with E-state index < -0.39 is 0 Å². The molecule has 28 heavy (non-hydrogen) atoms. The zero-order valence-electron chi connectivity index (χ0n) is 16.1. The Morgan fingerprint density at radius 2 is 1.86 bits per heavy atom. The molecule has 1 amide bonds. The lowest BCUT2D eigenvalue weighted by Crippen LogP contribution is -2.49. The van der Waals surface area contributed by atoms with Gasteiger partial charge in [0.1, 0.15) is 5.82 Å². The maximum absolute atomic E-state index is 13.2. The van der Waals surface area contributed by atoms with Gasteiger partial charge in [-0.1, -0.05) is 54.6 Å². The Hall–Kier alpha value is -2.72. The molecule has 1 heterocycles. The first-order valence-corrected chi connectivity index (χ1v) is 9.83. The minimum absolute atomic E-state index is 0.0340. The van der Waals surface area contributed by atoms with E-state index in [1.807, 2.05) is 6.07 Å². The third-order valence-electron chi connectivity index (χ3n) is 5.66. The number of hydrogen-bond acceptors (Lipinski definition) is 2. The highest BCUT2D eigenvalue weighted by atomic mass is 19.1. The summed E-state index contributed by atoms with van der Waals surface area (Å²) in [6.07, 6.45) is 0.522. The van der Waals surface area contributed by atoms with E-state index in [4.69, 9.17) is 0 Å². The van der Waals surface area contributed by atoms with Gasteiger partial charge in [0.2, 0.25) is 5.91 Å². The molecule has 1 aliphatic heterocycles. The van der Waals surface area contributed by atoms with Crippen LogP contribution in [0.15, 0.2) is 66.7 Å². The zero-order valence-corrected chi connectivity index (χ0v) is 16.1. The van der Waals surface area contributed by atoms with Crippen LogP contribution in [0.1, 0.15) is 30.5 Å². The van der Waals surface area contributed by atoms with Gasteiger partial charge in [0, 0.05) is 32.1 Å². The number of hydrogen-bond donors (Lipinski definition) is 1. The Balaban J connectivity index is 1.29. The predicted molar refractivity (Wildman–Crippen MR) is 110 cm³/mol. The first-order valence-electron chi connectivity index (χ1n) is 9.83. The summed E-state index contributed by atoms with van der Waals surface area (Å²) in [6.45, 7) is 4.47. The second-order valence-electron chi connectivity index (χ2n) is 7.68. The smallest absolute Gasteiger partial charge is 0.220 e. The summed E-state index contributed by atoms with van der Waals surface area (Å²) in [5.41, 5.74) is 2.13. The lowest BCUT2D eigenvalue weighted by molar-refractivity contribution is -0.123. The molecule has 3 aromatic carbocycles. The highest BCUT2D eigenvalue weighted by Crippen LogP contribution is 2.33. The van der Waals surface area contributed by atoms with Crippen LogP contribution in [0.4, 0.5) is 4.39 Å². The molecule has 4 rings (SSSR count). The van der Waals surface area contributed by atoms with Crippen molar-refractivity contribution in [1.82, 2.24) is 10.2 Å². The van der Waals surface area contributed by atoms with Crippen LogP contribution in [0.2, 0.25) is 0 Å². The van der Waals surface area contributed by atoms with Crippen molar-refractivity contribution in [1.29, 1.82) is 0 Å². The van der Waals surface area contributed by atoms with Crippen LogP contribution in [0.5, 0.6) is 0 Å². The van der Waals surface area contributed by atoms with Crippen LogP contribution < -0.4 is 5.32 Å². The molecule has 0 spiro atoms. The SMILES string of the molecule is CC(c1cccc2ccccc12)N1CC(CC(=O)NCc2cccc(F)c2)C1. The van der Waals surface area contributed by atoms with Gasteiger partial charge >= 0.3 is 0 Å². The molecule has 1 unspecified atom stereocenters. The second-order valence-corrected chi connectivity index (χ2v) is 7.68. The number of carbonyl (C=O) groups is 1. The van der Waals surface area contributed by atoms with Crippen molar-refractivity contribution in [2.45, 2.75) is 25.9 Å². The van der Waals surface area contributed by atoms with E-state index in [0.29, 0.717) is 24.9 Å². The summed E-state index contributed by atoms with van der Waals surface area (Å²) < 4.78 is 13.2. The number of nitrogens with one attached hydrogen (secondary N) is 1. The Kier molecular flexibility index (Phi) is 5.40. The zero-order chi connectivity index (χ0) is 19.5. The number of nitrogens with zero attached hydrogens (tertiary/aromatic N) is 1. The van der Waals surface area contributed by atoms with Gasteiger partial charge in [-0.3, -0.25) is 9.69 Å². The molecule has 3 aromatic rings. The van der Waals surface area contributed by atoms with Gasteiger partial charge in [-0.15, -0.1) is 0 Å². The molecule has 1 aliphatic rings. The van der Waals surface area contributed by atoms with Crippen LogP contribution in [0.25, 0.3) is 10.8 Å². The number of benzene rings is 3. The number of carbonyl (C=O) groups excluding carboxylic acids is 1. The van der Waals surface area contributed by atoms with E-state index in [2.05, 4.69) is 59.6 Å². The third-order valence-corrected chi connectivity index (χ3v) is 5.66. The van der Waals surface area contributed by atoms with Crippen molar-refractivity contribution < 1.29 is 9.18 Å². The van der Waals surface area contributed by atoms with Crippen molar-refractivity contribution in [3.63, 3.8) is 0 Å². The minimum atomic E-state index is -0.274. The summed E-state index contributed by atoms with van der Waals surface area (Å²) >= 11 is 0. The quantitative estimate of drug-likeness (QED) is 0.678. The fraction of sp³-hybridized carbons (Fsp3) is 0.292. The molecule has 0 radical (unpaired) electrons. The van der Waals surface area contributed by atoms with E-state index in [9.17, 15) is 9.18 Å². The summed E-state index contributed by atoms with van der Waals surface area (Å²) in [5.74, 6) is 0.139. The molecule has 144 valence electrons. The molecular formula is C24H25FN2O. The van der Waals surface area contributed by atoms with Crippen LogP contribution in [0.3, 0.4) is 0 Å². The Bertz CT molecular complexity index is 976. The Labute approximate surface area is 165 Å². The van der Waals surface area contributed by atoms with Gasteiger partial charge in [-0.25, -0.2) is 4.39 Å². The van der Waals surface area contributed by atoms with E-state index in [0.717, 1.165) is 18.7 Å². The fourth-order valence-corrected chi connectivity index (χ4v) is 4.05. The third kappa shape index (κ3) is 4.07. The first-order chi connectivity index (χ1) is 13.6. The largest absolute Gasteiger partial charge is 0.352 e. The molecule has 0 aliphatic carbocycles. The highest BCUT2D eigenvalue weighted by Gasteiger charge is 2.32. The summed E-state index contributed by atoms with van der Waals surface area (Å²) in [4.78, 5) is 14.6. The van der Waals surface area contributed by atoms with Crippen LogP contribution in [-0.4, -0.2) is 23.9 Å². The predicted octanol–water partition coefficient (Wildman–Crippen LogP) is 4.68. The fourth-order valence-electron chi connectivity index (χ4n) is 4.05. The average Bonchev–Trinajstić information content (AvgIpc) is 2.68.